The van der Waals surface area contributed by atoms with Crippen molar-refractivity contribution in [3.63, 3.8) is 0 Å². The van der Waals surface area contributed by atoms with Crippen molar-refractivity contribution in [3.05, 3.63) is 64.4 Å². The maximum Gasteiger partial charge on any atom is 0.254 e. The summed E-state index contributed by atoms with van der Waals surface area (Å²) in [6.07, 6.45) is 6.39. The second-order valence-electron chi connectivity index (χ2n) is 5.84. The first-order valence-electron chi connectivity index (χ1n) is 7.74. The van der Waals surface area contributed by atoms with E-state index in [0.717, 1.165) is 24.6 Å². The average molecular weight is 326 g/mol. The van der Waals surface area contributed by atoms with Crippen LogP contribution in [0.25, 0.3) is 11.0 Å². The lowest BCUT2D eigenvalue weighted by atomic mass is 9.87. The number of carbonyl (C=O) groups is 1. The predicted molar refractivity (Wildman–Crippen MR) is 90.7 cm³/mol. The van der Waals surface area contributed by atoms with Crippen LogP contribution in [0.3, 0.4) is 0 Å². The molecule has 1 aliphatic rings. The van der Waals surface area contributed by atoms with Gasteiger partial charge in [0.2, 0.25) is 0 Å². The number of aromatic amines is 1. The Morgan fingerprint density at radius 3 is 3.09 bits per heavy atom. The summed E-state index contributed by atoms with van der Waals surface area (Å²) in [7, 11) is 0. The molecule has 4 rings (SSSR count). The zero-order valence-electron chi connectivity index (χ0n) is 12.5. The molecule has 1 aromatic carbocycles. The van der Waals surface area contributed by atoms with Gasteiger partial charge in [0.1, 0.15) is 5.65 Å². The summed E-state index contributed by atoms with van der Waals surface area (Å²) in [6.45, 7) is 0. The lowest BCUT2D eigenvalue weighted by Gasteiger charge is -2.26. The van der Waals surface area contributed by atoms with E-state index in [1.165, 1.54) is 17.3 Å². The van der Waals surface area contributed by atoms with Crippen LogP contribution in [-0.4, -0.2) is 15.9 Å². The van der Waals surface area contributed by atoms with Crippen molar-refractivity contribution in [1.29, 1.82) is 0 Å². The Morgan fingerprint density at radius 2 is 2.17 bits per heavy atom. The van der Waals surface area contributed by atoms with Gasteiger partial charge in [0.05, 0.1) is 16.6 Å². The Bertz CT molecular complexity index is 887. The Balaban J connectivity index is 1.64. The molecule has 5 heteroatoms. The molecule has 0 unspecified atom stereocenters. The number of nitrogens with zero attached hydrogens (tertiary/aromatic N) is 1. The molecule has 3 aromatic rings. The summed E-state index contributed by atoms with van der Waals surface area (Å²) in [5.41, 5.74) is 3.63. The van der Waals surface area contributed by atoms with Gasteiger partial charge in [-0.1, -0.05) is 35.9 Å². The number of pyridine rings is 1. The van der Waals surface area contributed by atoms with Gasteiger partial charge in [0, 0.05) is 17.8 Å². The summed E-state index contributed by atoms with van der Waals surface area (Å²) in [6, 6.07) is 10.2. The molecule has 1 aliphatic carbocycles. The maximum absolute atomic E-state index is 12.7. The first kappa shape index (κ1) is 14.3. The SMILES string of the molecule is O=C(N[C@H]1CCCc2ccccc21)c1cnc2[nH]ccc2c1Cl. The van der Waals surface area contributed by atoms with Crippen molar-refractivity contribution in [3.8, 4) is 0 Å². The second-order valence-corrected chi connectivity index (χ2v) is 6.22. The number of aryl methyl sites for hydroxylation is 1. The number of aromatic nitrogens is 2. The summed E-state index contributed by atoms with van der Waals surface area (Å²) in [5.74, 6) is -0.174. The van der Waals surface area contributed by atoms with Crippen molar-refractivity contribution in [1.82, 2.24) is 15.3 Å². The van der Waals surface area contributed by atoms with E-state index in [2.05, 4.69) is 27.4 Å². The standard InChI is InChI=1S/C18H16ClN3O/c19-16-13-8-9-20-17(13)21-10-14(16)18(23)22-15-7-3-5-11-4-1-2-6-12(11)15/h1-2,4,6,8-10,15H,3,5,7H2,(H,20,21)(H,22,23)/t15-/m0/s1. The first-order valence-corrected chi connectivity index (χ1v) is 8.12. The highest BCUT2D eigenvalue weighted by atomic mass is 35.5. The molecule has 1 atom stereocenters. The summed E-state index contributed by atoms with van der Waals surface area (Å²) >= 11 is 6.37. The third kappa shape index (κ3) is 2.49. The molecule has 0 saturated carbocycles. The number of benzene rings is 1. The Labute approximate surface area is 138 Å². The average Bonchev–Trinajstić information content (AvgIpc) is 3.05. The van der Waals surface area contributed by atoms with Gasteiger partial charge in [-0.05, 0) is 36.5 Å². The van der Waals surface area contributed by atoms with Crippen molar-refractivity contribution < 1.29 is 4.79 Å². The van der Waals surface area contributed by atoms with Gasteiger partial charge in [0.15, 0.2) is 0 Å². The number of nitrogens with one attached hydrogen (secondary N) is 2. The number of halogens is 1. The monoisotopic (exact) mass is 325 g/mol. The van der Waals surface area contributed by atoms with Crippen molar-refractivity contribution >= 4 is 28.5 Å². The first-order chi connectivity index (χ1) is 11.2. The third-order valence-electron chi connectivity index (χ3n) is 4.44. The number of hydrogen-bond acceptors (Lipinski definition) is 2. The minimum atomic E-state index is -0.174. The number of fused-ring (bicyclic) bond motifs is 2. The summed E-state index contributed by atoms with van der Waals surface area (Å²) < 4.78 is 0. The quantitative estimate of drug-likeness (QED) is 0.747. The van der Waals surface area contributed by atoms with Crippen LogP contribution in [-0.2, 0) is 6.42 Å². The third-order valence-corrected chi connectivity index (χ3v) is 4.85. The minimum absolute atomic E-state index is 0.0328. The van der Waals surface area contributed by atoms with E-state index in [0.29, 0.717) is 16.2 Å². The van der Waals surface area contributed by atoms with E-state index in [1.54, 1.807) is 6.20 Å². The smallest absolute Gasteiger partial charge is 0.254 e. The fraction of sp³-hybridized carbons (Fsp3) is 0.222. The van der Waals surface area contributed by atoms with Crippen LogP contribution >= 0.6 is 11.6 Å². The van der Waals surface area contributed by atoms with Gasteiger partial charge in [0.25, 0.3) is 5.91 Å². The van der Waals surface area contributed by atoms with Crippen LogP contribution in [0.1, 0.15) is 40.4 Å². The van der Waals surface area contributed by atoms with E-state index in [1.807, 2.05) is 18.2 Å². The molecule has 4 nitrogen and oxygen atoms in total. The lowest BCUT2D eigenvalue weighted by molar-refractivity contribution is 0.0932. The molecular weight excluding hydrogens is 310 g/mol. The van der Waals surface area contributed by atoms with E-state index >= 15 is 0 Å². The Morgan fingerprint density at radius 1 is 1.30 bits per heavy atom. The van der Waals surface area contributed by atoms with Gasteiger partial charge in [-0.2, -0.15) is 0 Å². The van der Waals surface area contributed by atoms with Crippen molar-refractivity contribution in [2.75, 3.05) is 0 Å². The van der Waals surface area contributed by atoms with Crippen LogP contribution in [0, 0.1) is 0 Å². The summed E-state index contributed by atoms with van der Waals surface area (Å²) in [5, 5.41) is 4.32. The van der Waals surface area contributed by atoms with E-state index in [4.69, 9.17) is 11.6 Å². The maximum atomic E-state index is 12.7. The largest absolute Gasteiger partial charge is 0.346 e. The lowest BCUT2D eigenvalue weighted by Crippen LogP contribution is -2.31. The fourth-order valence-electron chi connectivity index (χ4n) is 3.27. The molecule has 0 bridgehead atoms. The van der Waals surface area contributed by atoms with Crippen LogP contribution < -0.4 is 5.32 Å². The van der Waals surface area contributed by atoms with Gasteiger partial charge >= 0.3 is 0 Å². The van der Waals surface area contributed by atoms with Crippen molar-refractivity contribution in [2.45, 2.75) is 25.3 Å². The highest BCUT2D eigenvalue weighted by molar-refractivity contribution is 6.38. The van der Waals surface area contributed by atoms with Gasteiger partial charge in [-0.25, -0.2) is 4.98 Å². The molecule has 2 aromatic heterocycles. The molecule has 0 fully saturated rings. The predicted octanol–water partition coefficient (Wildman–Crippen LogP) is 4.02. The molecule has 0 radical (unpaired) electrons. The van der Waals surface area contributed by atoms with E-state index in [9.17, 15) is 4.79 Å². The van der Waals surface area contributed by atoms with Crippen LogP contribution in [0.2, 0.25) is 5.02 Å². The van der Waals surface area contributed by atoms with Crippen LogP contribution in [0.15, 0.2) is 42.7 Å². The van der Waals surface area contributed by atoms with Crippen LogP contribution in [0.5, 0.6) is 0 Å². The molecule has 1 amide bonds. The number of rotatable bonds is 2. The van der Waals surface area contributed by atoms with E-state index in [-0.39, 0.29) is 11.9 Å². The zero-order valence-corrected chi connectivity index (χ0v) is 13.2. The number of hydrogen-bond donors (Lipinski definition) is 2. The summed E-state index contributed by atoms with van der Waals surface area (Å²) in [4.78, 5) is 19.9. The normalized spacial score (nSPS) is 17.0. The second kappa shape index (κ2) is 5.70. The molecule has 2 N–H and O–H groups in total. The van der Waals surface area contributed by atoms with Gasteiger partial charge < -0.3 is 10.3 Å². The zero-order chi connectivity index (χ0) is 15.8. The number of amides is 1. The Hall–Kier alpha value is -2.33. The van der Waals surface area contributed by atoms with E-state index < -0.39 is 0 Å². The van der Waals surface area contributed by atoms with Crippen molar-refractivity contribution in [2.24, 2.45) is 0 Å². The molecule has 0 saturated heterocycles. The molecule has 116 valence electrons. The highest BCUT2D eigenvalue weighted by Crippen LogP contribution is 2.31. The molecular formula is C18H16ClN3O. The highest BCUT2D eigenvalue weighted by Gasteiger charge is 2.23. The Kier molecular flexibility index (Phi) is 3.54. The number of H-pyrrole nitrogens is 1. The molecule has 23 heavy (non-hydrogen) atoms. The number of carbonyl (C=O) groups excluding carboxylic acids is 1. The van der Waals surface area contributed by atoms with Gasteiger partial charge in [-0.15, -0.1) is 0 Å². The molecule has 2 heterocycles. The van der Waals surface area contributed by atoms with Gasteiger partial charge in [-0.3, -0.25) is 4.79 Å². The molecule has 0 aliphatic heterocycles. The van der Waals surface area contributed by atoms with Crippen LogP contribution in [0.4, 0.5) is 0 Å². The minimum Gasteiger partial charge on any atom is -0.346 e. The molecule has 0 spiro atoms. The topological polar surface area (TPSA) is 57.8 Å². The fourth-order valence-corrected chi connectivity index (χ4v) is 3.56.